The number of fused-ring (bicyclic) bond motifs is 9. The van der Waals surface area contributed by atoms with Crippen LogP contribution in [0.5, 0.6) is 0 Å². The molecule has 0 fully saturated rings. The van der Waals surface area contributed by atoms with E-state index in [4.69, 9.17) is 0 Å². The molecule has 0 amide bonds. The van der Waals surface area contributed by atoms with Gasteiger partial charge in [0.05, 0.1) is 10.4 Å². The summed E-state index contributed by atoms with van der Waals surface area (Å²) in [5.41, 5.74) is 10.7. The number of hydrogen-bond acceptors (Lipinski definition) is 3. The number of nitrogens with zero attached hydrogens (tertiary/aromatic N) is 1. The molecule has 276 valence electrons. The van der Waals surface area contributed by atoms with Crippen molar-refractivity contribution in [1.29, 1.82) is 0 Å². The van der Waals surface area contributed by atoms with E-state index in [1.54, 1.807) is 0 Å². The summed E-state index contributed by atoms with van der Waals surface area (Å²) in [5.74, 6) is 0. The van der Waals surface area contributed by atoms with Gasteiger partial charge in [0.25, 0.3) is 0 Å². The van der Waals surface area contributed by atoms with E-state index in [1.807, 2.05) is 22.7 Å². The van der Waals surface area contributed by atoms with Crippen LogP contribution in [0.15, 0.2) is 212 Å². The monoisotopic (exact) mass is 785 g/mol. The topological polar surface area (TPSA) is 3.24 Å². The average molecular weight is 786 g/mol. The first-order valence-corrected chi connectivity index (χ1v) is 21.7. The summed E-state index contributed by atoms with van der Waals surface area (Å²) in [6.07, 6.45) is 0. The van der Waals surface area contributed by atoms with Gasteiger partial charge in [-0.15, -0.1) is 22.7 Å². The summed E-state index contributed by atoms with van der Waals surface area (Å²) >= 11 is 3.76. The lowest BCUT2D eigenvalue weighted by atomic mass is 9.92. The fraction of sp³-hybridized carbons (Fsp3) is 0. The van der Waals surface area contributed by atoms with Crippen LogP contribution >= 0.6 is 22.7 Å². The van der Waals surface area contributed by atoms with Crippen LogP contribution < -0.4 is 4.90 Å². The molecule has 0 aliphatic heterocycles. The minimum atomic E-state index is 1.11. The maximum absolute atomic E-state index is 2.47. The van der Waals surface area contributed by atoms with Crippen LogP contribution in [0.25, 0.3) is 95.3 Å². The second kappa shape index (κ2) is 13.8. The number of anilines is 3. The van der Waals surface area contributed by atoms with Crippen molar-refractivity contribution in [1.82, 2.24) is 0 Å². The molecule has 0 saturated heterocycles. The highest BCUT2D eigenvalue weighted by molar-refractivity contribution is 7.26. The van der Waals surface area contributed by atoms with Gasteiger partial charge in [-0.05, 0) is 97.9 Å². The molecule has 0 bridgehead atoms. The number of rotatable bonds is 6. The third-order valence-electron chi connectivity index (χ3n) is 11.9. The van der Waals surface area contributed by atoms with Gasteiger partial charge in [0.2, 0.25) is 0 Å². The maximum Gasteiger partial charge on any atom is 0.0640 e. The van der Waals surface area contributed by atoms with E-state index in [2.05, 4.69) is 217 Å². The van der Waals surface area contributed by atoms with Crippen molar-refractivity contribution in [3.05, 3.63) is 212 Å². The molecule has 0 aliphatic rings. The lowest BCUT2D eigenvalue weighted by Gasteiger charge is -2.27. The predicted molar refractivity (Wildman–Crippen MR) is 258 cm³/mol. The Bertz CT molecular complexity index is 3560. The maximum atomic E-state index is 2.47. The van der Waals surface area contributed by atoms with Gasteiger partial charge in [-0.3, -0.25) is 0 Å². The van der Waals surface area contributed by atoms with E-state index in [-0.39, 0.29) is 0 Å². The SMILES string of the molecule is c1ccc(-c2cc(N(c3ccc(-c4cc5ccccc5c5ccccc45)cc3)c3cccc4c3sc3ccccc34)ccc2-c2cccc3c2sc2ccccc23)cc1. The Balaban J connectivity index is 1.08. The molecule has 12 aromatic rings. The Morgan fingerprint density at radius 1 is 0.288 bits per heavy atom. The van der Waals surface area contributed by atoms with Crippen molar-refractivity contribution >= 4 is 102 Å². The van der Waals surface area contributed by atoms with E-state index >= 15 is 0 Å². The van der Waals surface area contributed by atoms with Gasteiger partial charge in [0, 0.05) is 52.6 Å². The zero-order valence-corrected chi connectivity index (χ0v) is 33.6. The summed E-state index contributed by atoms with van der Waals surface area (Å²) in [6.45, 7) is 0. The number of hydrogen-bond donors (Lipinski definition) is 0. The molecular formula is C56H35NS2. The zero-order valence-electron chi connectivity index (χ0n) is 32.0. The molecule has 0 N–H and O–H groups in total. The van der Waals surface area contributed by atoms with Crippen molar-refractivity contribution < 1.29 is 0 Å². The molecule has 1 nitrogen and oxygen atoms in total. The molecule has 59 heavy (non-hydrogen) atoms. The minimum absolute atomic E-state index is 1.11. The third kappa shape index (κ3) is 5.58. The smallest absolute Gasteiger partial charge is 0.0640 e. The third-order valence-corrected chi connectivity index (χ3v) is 14.3. The van der Waals surface area contributed by atoms with Crippen LogP contribution in [0.4, 0.5) is 17.1 Å². The van der Waals surface area contributed by atoms with Gasteiger partial charge in [-0.25, -0.2) is 0 Å². The van der Waals surface area contributed by atoms with Gasteiger partial charge in [-0.1, -0.05) is 164 Å². The van der Waals surface area contributed by atoms with Crippen LogP contribution in [-0.2, 0) is 0 Å². The number of thiophene rings is 2. The van der Waals surface area contributed by atoms with Crippen molar-refractivity contribution in [2.75, 3.05) is 4.90 Å². The largest absolute Gasteiger partial charge is 0.309 e. The van der Waals surface area contributed by atoms with Crippen molar-refractivity contribution in [3.8, 4) is 33.4 Å². The molecule has 0 atom stereocenters. The molecule has 12 rings (SSSR count). The molecule has 0 spiro atoms. The van der Waals surface area contributed by atoms with Gasteiger partial charge in [-0.2, -0.15) is 0 Å². The molecular weight excluding hydrogens is 751 g/mol. The second-order valence-corrected chi connectivity index (χ2v) is 17.3. The van der Waals surface area contributed by atoms with Gasteiger partial charge in [0.1, 0.15) is 0 Å². The van der Waals surface area contributed by atoms with E-state index < -0.39 is 0 Å². The standard InChI is InChI=1S/C56H35NS2/c1-2-14-36(15-3-1)51-35-40(32-33-44(51)47-22-12-23-48-45-20-8-10-26-53(45)58-55(47)48)57(52-25-13-24-49-46-21-9-11-27-54(46)59-56(49)52)39-30-28-37(29-31-39)50-34-38-16-4-5-17-41(38)42-18-6-7-19-43(42)50/h1-35H. The Morgan fingerprint density at radius 3 is 1.61 bits per heavy atom. The highest BCUT2D eigenvalue weighted by Crippen LogP contribution is 2.48. The Kier molecular flexibility index (Phi) is 7.97. The van der Waals surface area contributed by atoms with Crippen LogP contribution in [0.2, 0.25) is 0 Å². The lowest BCUT2D eigenvalue weighted by Crippen LogP contribution is -2.10. The van der Waals surface area contributed by atoms with Crippen LogP contribution in [-0.4, -0.2) is 0 Å². The summed E-state index contributed by atoms with van der Waals surface area (Å²) < 4.78 is 5.21. The first kappa shape index (κ1) is 34.0. The van der Waals surface area contributed by atoms with Crippen molar-refractivity contribution in [3.63, 3.8) is 0 Å². The Labute approximate surface area is 350 Å². The Hall–Kier alpha value is -7.04. The van der Waals surface area contributed by atoms with Crippen LogP contribution in [0, 0.1) is 0 Å². The second-order valence-electron chi connectivity index (χ2n) is 15.2. The van der Waals surface area contributed by atoms with E-state index in [9.17, 15) is 0 Å². The van der Waals surface area contributed by atoms with Crippen molar-refractivity contribution in [2.45, 2.75) is 0 Å². The molecule has 2 aromatic heterocycles. The van der Waals surface area contributed by atoms with E-state index in [1.165, 1.54) is 101 Å². The normalized spacial score (nSPS) is 11.7. The first-order valence-electron chi connectivity index (χ1n) is 20.1. The van der Waals surface area contributed by atoms with Gasteiger partial charge >= 0.3 is 0 Å². The first-order chi connectivity index (χ1) is 29.3. The molecule has 0 saturated carbocycles. The fourth-order valence-electron chi connectivity index (χ4n) is 9.14. The molecule has 10 aromatic carbocycles. The van der Waals surface area contributed by atoms with Gasteiger partial charge < -0.3 is 4.90 Å². The lowest BCUT2D eigenvalue weighted by molar-refractivity contribution is 1.30. The summed E-state index contributed by atoms with van der Waals surface area (Å²) in [7, 11) is 0. The van der Waals surface area contributed by atoms with Gasteiger partial charge in [0.15, 0.2) is 0 Å². The molecule has 2 heterocycles. The zero-order chi connectivity index (χ0) is 38.9. The predicted octanol–water partition coefficient (Wildman–Crippen LogP) is 17.2. The summed E-state index contributed by atoms with van der Waals surface area (Å²) in [6, 6.07) is 78.2. The van der Waals surface area contributed by atoms with Crippen molar-refractivity contribution in [2.24, 2.45) is 0 Å². The molecule has 0 radical (unpaired) electrons. The minimum Gasteiger partial charge on any atom is -0.309 e. The Morgan fingerprint density at radius 2 is 0.847 bits per heavy atom. The molecule has 0 unspecified atom stereocenters. The highest BCUT2D eigenvalue weighted by Gasteiger charge is 2.22. The average Bonchev–Trinajstić information content (AvgIpc) is 3.89. The van der Waals surface area contributed by atoms with E-state index in [0.717, 1.165) is 11.4 Å². The summed E-state index contributed by atoms with van der Waals surface area (Å²) in [5, 5.41) is 10.3. The highest BCUT2D eigenvalue weighted by atomic mass is 32.1. The van der Waals surface area contributed by atoms with Crippen LogP contribution in [0.1, 0.15) is 0 Å². The van der Waals surface area contributed by atoms with Crippen LogP contribution in [0.3, 0.4) is 0 Å². The molecule has 0 aliphatic carbocycles. The fourth-order valence-corrected chi connectivity index (χ4v) is 11.6. The number of benzene rings is 10. The molecule has 3 heteroatoms. The quantitative estimate of drug-likeness (QED) is 0.152. The van der Waals surface area contributed by atoms with E-state index in [0.29, 0.717) is 0 Å². The summed E-state index contributed by atoms with van der Waals surface area (Å²) in [4.78, 5) is 2.47.